The fourth-order valence-corrected chi connectivity index (χ4v) is 4.33. The van der Waals surface area contributed by atoms with Gasteiger partial charge in [0.2, 0.25) is 0 Å². The summed E-state index contributed by atoms with van der Waals surface area (Å²) in [5.41, 5.74) is 1.53. The molecule has 0 bridgehead atoms. The van der Waals surface area contributed by atoms with Crippen LogP contribution in [0.3, 0.4) is 0 Å². The van der Waals surface area contributed by atoms with Crippen molar-refractivity contribution in [1.82, 2.24) is 5.32 Å². The van der Waals surface area contributed by atoms with Crippen molar-refractivity contribution in [1.29, 1.82) is 0 Å². The van der Waals surface area contributed by atoms with Crippen LogP contribution in [-0.2, 0) is 4.74 Å². The minimum absolute atomic E-state index is 0.469. The fourth-order valence-electron chi connectivity index (χ4n) is 4.33. The molecule has 2 nitrogen and oxygen atoms in total. The lowest BCUT2D eigenvalue weighted by Gasteiger charge is -2.37. The Morgan fingerprint density at radius 2 is 1.90 bits per heavy atom. The van der Waals surface area contributed by atoms with Crippen LogP contribution in [0.4, 0.5) is 0 Å². The number of ether oxygens (including phenoxy) is 1. The van der Waals surface area contributed by atoms with Crippen LogP contribution in [0.5, 0.6) is 0 Å². The van der Waals surface area contributed by atoms with Crippen LogP contribution in [-0.4, -0.2) is 25.3 Å². The number of rotatable bonds is 4. The van der Waals surface area contributed by atoms with Gasteiger partial charge in [-0.05, 0) is 69.9 Å². The maximum atomic E-state index is 6.07. The van der Waals surface area contributed by atoms with Gasteiger partial charge in [0.05, 0.1) is 12.2 Å². The summed E-state index contributed by atoms with van der Waals surface area (Å²) in [5, 5.41) is 3.56. The maximum absolute atomic E-state index is 6.07. The van der Waals surface area contributed by atoms with Crippen molar-refractivity contribution in [3.05, 3.63) is 35.9 Å². The molecule has 1 saturated heterocycles. The first-order valence-corrected chi connectivity index (χ1v) is 8.64. The molecule has 1 aliphatic heterocycles. The van der Waals surface area contributed by atoms with Crippen molar-refractivity contribution in [2.75, 3.05) is 7.05 Å². The standard InChI is InChI=1S/C19H29NO/c1-14-8-10-18(21-14)13-17-12-16(9-11-19(17)20-2)15-6-4-3-5-7-15/h3-7,14,16-20H,8-13H2,1-2H3. The molecule has 0 amide bonds. The second kappa shape index (κ2) is 6.93. The van der Waals surface area contributed by atoms with E-state index in [0.29, 0.717) is 18.2 Å². The number of hydrogen-bond donors (Lipinski definition) is 1. The summed E-state index contributed by atoms with van der Waals surface area (Å²) < 4.78 is 6.07. The van der Waals surface area contributed by atoms with Crippen LogP contribution in [0.1, 0.15) is 56.9 Å². The molecular formula is C19H29NO. The summed E-state index contributed by atoms with van der Waals surface area (Å²) in [6.07, 6.45) is 8.61. The third-order valence-electron chi connectivity index (χ3n) is 5.51. The molecule has 0 radical (unpaired) electrons. The van der Waals surface area contributed by atoms with Crippen molar-refractivity contribution in [3.63, 3.8) is 0 Å². The van der Waals surface area contributed by atoms with Crippen LogP contribution >= 0.6 is 0 Å². The van der Waals surface area contributed by atoms with E-state index in [0.717, 1.165) is 11.8 Å². The van der Waals surface area contributed by atoms with Crippen LogP contribution < -0.4 is 5.32 Å². The molecule has 2 fully saturated rings. The van der Waals surface area contributed by atoms with E-state index in [2.05, 4.69) is 49.6 Å². The Labute approximate surface area is 129 Å². The zero-order chi connectivity index (χ0) is 14.7. The average Bonchev–Trinajstić information content (AvgIpc) is 2.93. The minimum Gasteiger partial charge on any atom is -0.375 e. The summed E-state index contributed by atoms with van der Waals surface area (Å²) in [6.45, 7) is 2.21. The minimum atomic E-state index is 0.469. The van der Waals surface area contributed by atoms with Gasteiger partial charge in [0.1, 0.15) is 0 Å². The zero-order valence-corrected chi connectivity index (χ0v) is 13.4. The lowest BCUT2D eigenvalue weighted by molar-refractivity contribution is 0.0314. The summed E-state index contributed by atoms with van der Waals surface area (Å²) >= 11 is 0. The molecule has 5 atom stereocenters. The van der Waals surface area contributed by atoms with Crippen molar-refractivity contribution >= 4 is 0 Å². The fraction of sp³-hybridized carbons (Fsp3) is 0.684. The Bertz CT molecular complexity index is 432. The highest BCUT2D eigenvalue weighted by Gasteiger charge is 2.33. The highest BCUT2D eigenvalue weighted by molar-refractivity contribution is 5.20. The Hall–Kier alpha value is -0.860. The van der Waals surface area contributed by atoms with E-state index in [1.165, 1.54) is 44.1 Å². The molecule has 3 rings (SSSR count). The second-order valence-electron chi connectivity index (χ2n) is 6.96. The van der Waals surface area contributed by atoms with Crippen molar-refractivity contribution < 1.29 is 4.74 Å². The first kappa shape index (κ1) is 15.1. The van der Waals surface area contributed by atoms with Gasteiger partial charge >= 0.3 is 0 Å². The van der Waals surface area contributed by atoms with Crippen molar-refractivity contribution in [2.45, 2.75) is 69.6 Å². The monoisotopic (exact) mass is 287 g/mol. The van der Waals surface area contributed by atoms with E-state index in [1.54, 1.807) is 0 Å². The van der Waals surface area contributed by atoms with E-state index >= 15 is 0 Å². The summed E-state index contributed by atoms with van der Waals surface area (Å²) in [7, 11) is 2.12. The molecule has 2 heteroatoms. The molecule has 5 unspecified atom stereocenters. The second-order valence-corrected chi connectivity index (χ2v) is 6.96. The van der Waals surface area contributed by atoms with Crippen LogP contribution in [0.2, 0.25) is 0 Å². The highest BCUT2D eigenvalue weighted by atomic mass is 16.5. The topological polar surface area (TPSA) is 21.3 Å². The molecular weight excluding hydrogens is 258 g/mol. The van der Waals surface area contributed by atoms with Gasteiger partial charge in [0.25, 0.3) is 0 Å². The molecule has 1 aromatic carbocycles. The lowest BCUT2D eigenvalue weighted by Crippen LogP contribution is -2.39. The predicted molar refractivity (Wildman–Crippen MR) is 87.6 cm³/mol. The smallest absolute Gasteiger partial charge is 0.0583 e. The zero-order valence-electron chi connectivity index (χ0n) is 13.4. The number of benzene rings is 1. The van der Waals surface area contributed by atoms with Gasteiger partial charge in [-0.2, -0.15) is 0 Å². The third kappa shape index (κ3) is 3.67. The average molecular weight is 287 g/mol. The third-order valence-corrected chi connectivity index (χ3v) is 5.51. The molecule has 0 aromatic heterocycles. The van der Waals surface area contributed by atoms with E-state index in [1.807, 2.05) is 0 Å². The van der Waals surface area contributed by atoms with E-state index < -0.39 is 0 Å². The Kier molecular flexibility index (Phi) is 4.97. The molecule has 116 valence electrons. The number of hydrogen-bond acceptors (Lipinski definition) is 2. The van der Waals surface area contributed by atoms with Crippen molar-refractivity contribution in [3.8, 4) is 0 Å². The quantitative estimate of drug-likeness (QED) is 0.899. The van der Waals surface area contributed by atoms with Gasteiger partial charge in [-0.3, -0.25) is 0 Å². The van der Waals surface area contributed by atoms with Gasteiger partial charge in [-0.25, -0.2) is 0 Å². The first-order chi connectivity index (χ1) is 10.3. The van der Waals surface area contributed by atoms with Gasteiger partial charge in [0.15, 0.2) is 0 Å². The summed E-state index contributed by atoms with van der Waals surface area (Å²) in [6, 6.07) is 11.7. The Morgan fingerprint density at radius 1 is 1.10 bits per heavy atom. The molecule has 1 aliphatic carbocycles. The summed E-state index contributed by atoms with van der Waals surface area (Å²) in [5.74, 6) is 1.49. The molecule has 21 heavy (non-hydrogen) atoms. The first-order valence-electron chi connectivity index (χ1n) is 8.64. The molecule has 1 heterocycles. The van der Waals surface area contributed by atoms with E-state index in [4.69, 9.17) is 4.74 Å². The lowest BCUT2D eigenvalue weighted by atomic mass is 9.73. The summed E-state index contributed by atoms with van der Waals surface area (Å²) in [4.78, 5) is 0. The molecule has 1 saturated carbocycles. The van der Waals surface area contributed by atoms with Gasteiger partial charge < -0.3 is 10.1 Å². The van der Waals surface area contributed by atoms with E-state index in [9.17, 15) is 0 Å². The SMILES string of the molecule is CNC1CCC(c2ccccc2)CC1CC1CCC(C)O1. The largest absolute Gasteiger partial charge is 0.375 e. The highest BCUT2D eigenvalue weighted by Crippen LogP contribution is 2.39. The van der Waals surface area contributed by atoms with Crippen LogP contribution in [0.25, 0.3) is 0 Å². The van der Waals surface area contributed by atoms with Gasteiger partial charge in [0, 0.05) is 6.04 Å². The maximum Gasteiger partial charge on any atom is 0.0583 e. The number of nitrogens with one attached hydrogen (secondary N) is 1. The van der Waals surface area contributed by atoms with Gasteiger partial charge in [-0.15, -0.1) is 0 Å². The molecule has 1 aromatic rings. The predicted octanol–water partition coefficient (Wildman–Crippen LogP) is 4.12. The van der Waals surface area contributed by atoms with Crippen LogP contribution in [0, 0.1) is 5.92 Å². The molecule has 0 spiro atoms. The van der Waals surface area contributed by atoms with Gasteiger partial charge in [-0.1, -0.05) is 30.3 Å². The Morgan fingerprint density at radius 3 is 2.57 bits per heavy atom. The molecule has 1 N–H and O–H groups in total. The van der Waals surface area contributed by atoms with Crippen molar-refractivity contribution in [2.24, 2.45) is 5.92 Å². The Balaban J connectivity index is 1.64. The molecule has 2 aliphatic rings. The normalized spacial score (nSPS) is 36.8. The van der Waals surface area contributed by atoms with E-state index in [-0.39, 0.29) is 0 Å². The van der Waals surface area contributed by atoms with Crippen LogP contribution in [0.15, 0.2) is 30.3 Å².